The maximum atomic E-state index is 14.2. The smallest absolute Gasteiger partial charge is 0.116 e. The van der Waals surface area contributed by atoms with Crippen LogP contribution in [0.2, 0.25) is 0 Å². The maximum absolute atomic E-state index is 14.2. The molecule has 0 bridgehead atoms. The highest BCUT2D eigenvalue weighted by atomic mass is 19.1. The van der Waals surface area contributed by atoms with E-state index < -0.39 is 5.67 Å². The second-order valence-corrected chi connectivity index (χ2v) is 6.48. The number of rotatable bonds is 3. The molecule has 0 radical (unpaired) electrons. The minimum absolute atomic E-state index is 0.359. The minimum Gasteiger partial charge on any atom is -0.243 e. The summed E-state index contributed by atoms with van der Waals surface area (Å²) in [6.45, 7) is 6.16. The van der Waals surface area contributed by atoms with Crippen molar-refractivity contribution >= 4 is 0 Å². The van der Waals surface area contributed by atoms with Gasteiger partial charge in [-0.15, -0.1) is 0 Å². The van der Waals surface area contributed by atoms with Crippen molar-refractivity contribution in [3.8, 4) is 0 Å². The molecule has 3 rings (SSSR count). The van der Waals surface area contributed by atoms with Gasteiger partial charge in [0.25, 0.3) is 0 Å². The molecule has 18 heavy (non-hydrogen) atoms. The fourth-order valence-electron chi connectivity index (χ4n) is 4.22. The summed E-state index contributed by atoms with van der Waals surface area (Å²) >= 11 is 0. The number of hydrogen-bond acceptors (Lipinski definition) is 0. The molecule has 3 aliphatic carbocycles. The molecule has 0 N–H and O–H groups in total. The van der Waals surface area contributed by atoms with Crippen LogP contribution in [0.25, 0.3) is 0 Å². The quantitative estimate of drug-likeness (QED) is 0.606. The topological polar surface area (TPSA) is 0 Å². The Morgan fingerprint density at radius 2 is 2.17 bits per heavy atom. The maximum Gasteiger partial charge on any atom is 0.116 e. The van der Waals surface area contributed by atoms with E-state index in [-0.39, 0.29) is 0 Å². The van der Waals surface area contributed by atoms with Crippen molar-refractivity contribution in [1.29, 1.82) is 0 Å². The first-order valence-electron chi connectivity index (χ1n) is 7.27. The first-order chi connectivity index (χ1) is 8.52. The Kier molecular flexibility index (Phi) is 2.59. The van der Waals surface area contributed by atoms with Crippen LogP contribution >= 0.6 is 0 Å². The van der Waals surface area contributed by atoms with Gasteiger partial charge in [0, 0.05) is 24.2 Å². The average molecular weight is 246 g/mol. The molecule has 0 spiro atoms. The van der Waals surface area contributed by atoms with Crippen LogP contribution < -0.4 is 0 Å². The van der Waals surface area contributed by atoms with Gasteiger partial charge in [0.1, 0.15) is 5.67 Å². The van der Waals surface area contributed by atoms with Crippen LogP contribution in [-0.2, 0) is 0 Å². The zero-order chi connectivity index (χ0) is 13.0. The second-order valence-electron chi connectivity index (χ2n) is 6.48. The molecular weight excluding hydrogens is 223 g/mol. The third-order valence-corrected chi connectivity index (χ3v) is 5.15. The third-order valence-electron chi connectivity index (χ3n) is 5.15. The van der Waals surface area contributed by atoms with E-state index in [4.69, 9.17) is 0 Å². The number of alkyl halides is 1. The second kappa shape index (κ2) is 3.82. The normalized spacial score (nSPS) is 37.3. The summed E-state index contributed by atoms with van der Waals surface area (Å²) in [6, 6.07) is 0. The molecule has 0 aromatic heterocycles. The van der Waals surface area contributed by atoms with Gasteiger partial charge in [-0.05, 0) is 38.7 Å². The average Bonchev–Trinajstić information content (AvgIpc) is 2.91. The number of halogens is 1. The molecule has 0 aromatic rings. The summed E-state index contributed by atoms with van der Waals surface area (Å²) in [4.78, 5) is 0. The zero-order valence-corrected chi connectivity index (χ0v) is 11.7. The first-order valence-corrected chi connectivity index (χ1v) is 7.27. The van der Waals surface area contributed by atoms with Crippen molar-refractivity contribution in [2.75, 3.05) is 0 Å². The van der Waals surface area contributed by atoms with E-state index in [0.717, 1.165) is 6.42 Å². The van der Waals surface area contributed by atoms with E-state index in [1.54, 1.807) is 12.5 Å². The van der Waals surface area contributed by atoms with Crippen molar-refractivity contribution in [3.63, 3.8) is 0 Å². The van der Waals surface area contributed by atoms with E-state index in [1.807, 2.05) is 0 Å². The summed E-state index contributed by atoms with van der Waals surface area (Å²) in [6.07, 6.45) is 11.8. The van der Waals surface area contributed by atoms with Crippen LogP contribution in [0.1, 0.15) is 52.9 Å². The lowest BCUT2D eigenvalue weighted by Crippen LogP contribution is -2.20. The fraction of sp³-hybridized carbons (Fsp3) is 0.647. The Morgan fingerprint density at radius 3 is 2.72 bits per heavy atom. The Labute approximate surface area is 110 Å². The molecule has 1 saturated carbocycles. The van der Waals surface area contributed by atoms with Gasteiger partial charge in [0.15, 0.2) is 0 Å². The highest BCUT2D eigenvalue weighted by Crippen LogP contribution is 2.64. The van der Waals surface area contributed by atoms with Gasteiger partial charge in [-0.3, -0.25) is 0 Å². The molecule has 2 atom stereocenters. The van der Waals surface area contributed by atoms with Gasteiger partial charge < -0.3 is 0 Å². The van der Waals surface area contributed by atoms with Crippen LogP contribution in [0, 0.1) is 11.3 Å². The highest BCUT2D eigenvalue weighted by molar-refractivity contribution is 5.47. The molecule has 2 unspecified atom stereocenters. The summed E-state index contributed by atoms with van der Waals surface area (Å²) in [7, 11) is 0. The molecule has 1 heteroatoms. The number of allylic oxidation sites excluding steroid dienone is 6. The molecule has 0 aliphatic heterocycles. The van der Waals surface area contributed by atoms with Crippen molar-refractivity contribution < 1.29 is 4.39 Å². The van der Waals surface area contributed by atoms with Gasteiger partial charge in [0.2, 0.25) is 0 Å². The third kappa shape index (κ3) is 1.63. The van der Waals surface area contributed by atoms with Crippen LogP contribution in [0.4, 0.5) is 4.39 Å². The van der Waals surface area contributed by atoms with Crippen LogP contribution in [0.5, 0.6) is 0 Å². The van der Waals surface area contributed by atoms with E-state index in [2.05, 4.69) is 32.1 Å². The van der Waals surface area contributed by atoms with E-state index in [1.165, 1.54) is 24.0 Å². The largest absolute Gasteiger partial charge is 0.243 e. The zero-order valence-electron chi connectivity index (χ0n) is 11.7. The van der Waals surface area contributed by atoms with Crippen molar-refractivity contribution in [3.05, 3.63) is 34.9 Å². The van der Waals surface area contributed by atoms with Crippen molar-refractivity contribution in [1.82, 2.24) is 0 Å². The minimum atomic E-state index is -0.994. The molecular formula is C17H23F. The molecule has 0 aromatic carbocycles. The van der Waals surface area contributed by atoms with Gasteiger partial charge in [-0.2, -0.15) is 0 Å². The van der Waals surface area contributed by atoms with Crippen LogP contribution in [0.3, 0.4) is 0 Å². The van der Waals surface area contributed by atoms with Gasteiger partial charge >= 0.3 is 0 Å². The number of hydrogen-bond donors (Lipinski definition) is 0. The monoisotopic (exact) mass is 246 g/mol. The van der Waals surface area contributed by atoms with Gasteiger partial charge in [0.05, 0.1) is 0 Å². The van der Waals surface area contributed by atoms with E-state index >= 15 is 0 Å². The molecule has 0 amide bonds. The molecule has 98 valence electrons. The first kappa shape index (κ1) is 12.2. The van der Waals surface area contributed by atoms with Crippen LogP contribution in [0.15, 0.2) is 34.9 Å². The summed E-state index contributed by atoms with van der Waals surface area (Å²) in [5.74, 6) is 0.497. The Balaban J connectivity index is 1.90. The lowest BCUT2D eigenvalue weighted by molar-refractivity contribution is 0.200. The van der Waals surface area contributed by atoms with Crippen molar-refractivity contribution in [2.45, 2.75) is 58.5 Å². The van der Waals surface area contributed by atoms with E-state index in [9.17, 15) is 4.39 Å². The lowest BCUT2D eigenvalue weighted by atomic mass is 9.77. The summed E-state index contributed by atoms with van der Waals surface area (Å²) < 4.78 is 14.2. The van der Waals surface area contributed by atoms with Gasteiger partial charge in [-0.25, -0.2) is 4.39 Å². The molecule has 0 saturated heterocycles. The Hall–Kier alpha value is -0.850. The predicted octanol–water partition coefficient (Wildman–Crippen LogP) is 5.13. The molecule has 0 nitrogen and oxygen atoms in total. The van der Waals surface area contributed by atoms with Crippen molar-refractivity contribution in [2.24, 2.45) is 11.3 Å². The summed E-state index contributed by atoms with van der Waals surface area (Å²) in [5, 5.41) is 0. The standard InChI is InChI=1S/C17H23F/c1-4-13(5-2)17(8-9-17)15-7-6-12-10-16(3,18)11-14(12)15/h4,6-7,15H,5,8-11H2,1-3H3/b13-4+. The lowest BCUT2D eigenvalue weighted by Gasteiger charge is -2.28. The highest BCUT2D eigenvalue weighted by Gasteiger charge is 2.54. The Morgan fingerprint density at radius 1 is 1.44 bits per heavy atom. The molecule has 3 aliphatic rings. The summed E-state index contributed by atoms with van der Waals surface area (Å²) in [5.41, 5.74) is 3.65. The predicted molar refractivity (Wildman–Crippen MR) is 74.1 cm³/mol. The van der Waals surface area contributed by atoms with Gasteiger partial charge in [-0.1, -0.05) is 36.3 Å². The fourth-order valence-corrected chi connectivity index (χ4v) is 4.22. The van der Waals surface area contributed by atoms with Crippen LogP contribution in [-0.4, -0.2) is 5.67 Å². The molecule has 1 fully saturated rings. The SMILES string of the molecule is C/C=C(\CC)C1(C2C=CC3=C2CC(C)(F)C3)CC1. The van der Waals surface area contributed by atoms with E-state index in [0.29, 0.717) is 24.2 Å². The molecule has 0 heterocycles. The Bertz CT molecular complexity index is 458.